The van der Waals surface area contributed by atoms with Gasteiger partial charge in [0, 0.05) is 5.41 Å². The van der Waals surface area contributed by atoms with Gasteiger partial charge in [0.2, 0.25) is 0 Å². The summed E-state index contributed by atoms with van der Waals surface area (Å²) in [5.74, 6) is 2.52. The fraction of sp³-hybridized carbons (Fsp3) is 0.667. The molecule has 0 saturated carbocycles. The maximum atomic E-state index is 11.2. The maximum Gasteiger partial charge on any atom is 0.150 e. The second kappa shape index (κ2) is 3.41. The van der Waals surface area contributed by atoms with Crippen LogP contribution in [0.1, 0.15) is 33.6 Å². The molecule has 1 heteroatoms. The molecule has 0 unspecified atom stereocenters. The molecule has 0 spiro atoms. The van der Waals surface area contributed by atoms with Crippen LogP contribution in [0, 0.1) is 17.8 Å². The molecule has 0 heterocycles. The largest absolute Gasteiger partial charge is 0.298 e. The third kappa shape index (κ3) is 2.23. The average molecular weight is 138 g/mol. The van der Waals surface area contributed by atoms with Crippen molar-refractivity contribution < 1.29 is 4.79 Å². The zero-order chi connectivity index (χ0) is 8.20. The molecule has 0 fully saturated rings. The van der Waals surface area contributed by atoms with Crippen molar-refractivity contribution in [1.82, 2.24) is 0 Å². The van der Waals surface area contributed by atoms with Crippen molar-refractivity contribution in [1.29, 1.82) is 0 Å². The number of ketones is 1. The number of terminal acetylenes is 1. The molecule has 0 aliphatic carbocycles. The lowest BCUT2D eigenvalue weighted by atomic mass is 9.84. The molecule has 0 atom stereocenters. The quantitative estimate of drug-likeness (QED) is 0.545. The molecule has 1 nitrogen and oxygen atoms in total. The second-order valence-corrected chi connectivity index (χ2v) is 3.04. The summed E-state index contributed by atoms with van der Waals surface area (Å²) in [5, 5.41) is 0. The Morgan fingerprint density at radius 2 is 2.10 bits per heavy atom. The minimum atomic E-state index is -0.230. The van der Waals surface area contributed by atoms with Crippen LogP contribution >= 0.6 is 0 Å². The summed E-state index contributed by atoms with van der Waals surface area (Å²) in [7, 11) is 0. The summed E-state index contributed by atoms with van der Waals surface area (Å²) in [6.45, 7) is 5.84. The first-order valence-corrected chi connectivity index (χ1v) is 3.51. The highest BCUT2D eigenvalue weighted by Crippen LogP contribution is 2.21. The molecule has 10 heavy (non-hydrogen) atoms. The van der Waals surface area contributed by atoms with Gasteiger partial charge in [0.1, 0.15) is 5.78 Å². The Morgan fingerprint density at radius 3 is 2.40 bits per heavy atom. The number of hydrogen-bond acceptors (Lipinski definition) is 1. The second-order valence-electron chi connectivity index (χ2n) is 3.04. The van der Waals surface area contributed by atoms with E-state index in [-0.39, 0.29) is 17.6 Å². The van der Waals surface area contributed by atoms with Gasteiger partial charge in [0.25, 0.3) is 0 Å². The van der Waals surface area contributed by atoms with Crippen molar-refractivity contribution >= 4 is 5.78 Å². The van der Waals surface area contributed by atoms with Crippen LogP contribution in [0.5, 0.6) is 0 Å². The van der Waals surface area contributed by atoms with E-state index in [2.05, 4.69) is 5.92 Å². The van der Waals surface area contributed by atoms with E-state index in [1.807, 2.05) is 20.8 Å². The van der Waals surface area contributed by atoms with Gasteiger partial charge < -0.3 is 0 Å². The van der Waals surface area contributed by atoms with Gasteiger partial charge in [0.05, 0.1) is 6.42 Å². The molecule has 0 bridgehead atoms. The molecule has 56 valence electrons. The van der Waals surface area contributed by atoms with Crippen LogP contribution in [-0.4, -0.2) is 5.78 Å². The fourth-order valence-electron chi connectivity index (χ4n) is 0.529. The molecule has 0 aromatic carbocycles. The smallest absolute Gasteiger partial charge is 0.150 e. The van der Waals surface area contributed by atoms with Crippen molar-refractivity contribution in [3.05, 3.63) is 0 Å². The molecule has 0 aliphatic heterocycles. The lowest BCUT2D eigenvalue weighted by Gasteiger charge is -2.18. The van der Waals surface area contributed by atoms with Gasteiger partial charge in [-0.15, -0.1) is 6.42 Å². The summed E-state index contributed by atoms with van der Waals surface area (Å²) >= 11 is 0. The zero-order valence-electron chi connectivity index (χ0n) is 6.90. The Labute approximate surface area is 62.8 Å². The topological polar surface area (TPSA) is 17.1 Å². The van der Waals surface area contributed by atoms with E-state index >= 15 is 0 Å². The van der Waals surface area contributed by atoms with Crippen LogP contribution < -0.4 is 0 Å². The SMILES string of the molecule is C#CCC(=O)C(C)(C)CC. The zero-order valence-corrected chi connectivity index (χ0v) is 6.90. The molecule has 0 saturated heterocycles. The van der Waals surface area contributed by atoms with Gasteiger partial charge in [-0.05, 0) is 6.42 Å². The summed E-state index contributed by atoms with van der Waals surface area (Å²) in [6.07, 6.45) is 6.13. The van der Waals surface area contributed by atoms with E-state index in [1.165, 1.54) is 0 Å². The van der Waals surface area contributed by atoms with Crippen molar-refractivity contribution in [2.24, 2.45) is 5.41 Å². The van der Waals surface area contributed by atoms with Crippen LogP contribution in [0.2, 0.25) is 0 Å². The summed E-state index contributed by atoms with van der Waals surface area (Å²) in [4.78, 5) is 11.2. The van der Waals surface area contributed by atoms with Crippen LogP contribution in [-0.2, 0) is 4.79 Å². The molecular weight excluding hydrogens is 124 g/mol. The highest BCUT2D eigenvalue weighted by molar-refractivity contribution is 5.85. The predicted octanol–water partition coefficient (Wildman–Crippen LogP) is 2.02. The van der Waals surface area contributed by atoms with Gasteiger partial charge in [-0.3, -0.25) is 4.79 Å². The highest BCUT2D eigenvalue weighted by Gasteiger charge is 2.23. The van der Waals surface area contributed by atoms with Crippen molar-refractivity contribution in [3.63, 3.8) is 0 Å². The van der Waals surface area contributed by atoms with E-state index in [9.17, 15) is 4.79 Å². The van der Waals surface area contributed by atoms with Gasteiger partial charge in [-0.1, -0.05) is 26.7 Å². The Hall–Kier alpha value is -0.770. The Kier molecular flexibility index (Phi) is 3.15. The van der Waals surface area contributed by atoms with E-state index in [0.717, 1.165) is 6.42 Å². The van der Waals surface area contributed by atoms with Crippen LogP contribution in [0.4, 0.5) is 0 Å². The highest BCUT2D eigenvalue weighted by atomic mass is 16.1. The van der Waals surface area contributed by atoms with Gasteiger partial charge in [-0.2, -0.15) is 0 Å². The summed E-state index contributed by atoms with van der Waals surface area (Å²) < 4.78 is 0. The van der Waals surface area contributed by atoms with Gasteiger partial charge in [0.15, 0.2) is 0 Å². The first-order chi connectivity index (χ1) is 4.54. The molecule has 0 rings (SSSR count). The van der Waals surface area contributed by atoms with Crippen LogP contribution in [0.15, 0.2) is 0 Å². The summed E-state index contributed by atoms with van der Waals surface area (Å²) in [6, 6.07) is 0. The number of hydrogen-bond donors (Lipinski definition) is 0. The molecule has 0 radical (unpaired) electrons. The fourth-order valence-corrected chi connectivity index (χ4v) is 0.529. The normalized spacial score (nSPS) is 10.6. The minimum Gasteiger partial charge on any atom is -0.298 e. The number of carbonyl (C=O) groups excluding carboxylic acids is 1. The third-order valence-corrected chi connectivity index (χ3v) is 1.90. The number of Topliss-reactive ketones (excluding diaryl/α,β-unsaturated/α-hetero) is 1. The van der Waals surface area contributed by atoms with Crippen LogP contribution in [0.25, 0.3) is 0 Å². The lowest BCUT2D eigenvalue weighted by molar-refractivity contribution is -0.126. The third-order valence-electron chi connectivity index (χ3n) is 1.90. The minimum absolute atomic E-state index is 0.164. The van der Waals surface area contributed by atoms with E-state index < -0.39 is 0 Å². The standard InChI is InChI=1S/C9H14O/c1-5-7-8(10)9(3,4)6-2/h1H,6-7H2,2-4H3. The Bertz CT molecular complexity index is 160. The van der Waals surface area contributed by atoms with Crippen molar-refractivity contribution in [2.75, 3.05) is 0 Å². The Morgan fingerprint density at radius 1 is 1.60 bits per heavy atom. The van der Waals surface area contributed by atoms with Gasteiger partial charge in [-0.25, -0.2) is 0 Å². The van der Waals surface area contributed by atoms with Crippen molar-refractivity contribution in [2.45, 2.75) is 33.6 Å². The molecule has 0 aliphatic rings. The molecule has 0 aromatic rings. The van der Waals surface area contributed by atoms with E-state index in [1.54, 1.807) is 0 Å². The lowest BCUT2D eigenvalue weighted by Crippen LogP contribution is -2.22. The monoisotopic (exact) mass is 138 g/mol. The molecular formula is C9H14O. The first kappa shape index (κ1) is 9.23. The number of carbonyl (C=O) groups is 1. The molecule has 0 amide bonds. The molecule has 0 aromatic heterocycles. The van der Waals surface area contributed by atoms with Crippen LogP contribution in [0.3, 0.4) is 0 Å². The average Bonchev–Trinajstić information content (AvgIpc) is 1.89. The Balaban J connectivity index is 4.08. The first-order valence-electron chi connectivity index (χ1n) is 3.51. The molecule has 0 N–H and O–H groups in total. The predicted molar refractivity (Wildman–Crippen MR) is 42.5 cm³/mol. The van der Waals surface area contributed by atoms with Crippen molar-refractivity contribution in [3.8, 4) is 12.3 Å². The van der Waals surface area contributed by atoms with E-state index in [0.29, 0.717) is 0 Å². The van der Waals surface area contributed by atoms with Gasteiger partial charge >= 0.3 is 0 Å². The summed E-state index contributed by atoms with van der Waals surface area (Å²) in [5.41, 5.74) is -0.230. The maximum absolute atomic E-state index is 11.2. The van der Waals surface area contributed by atoms with E-state index in [4.69, 9.17) is 6.42 Å². The number of rotatable bonds is 3.